The Morgan fingerprint density at radius 3 is 2.56 bits per heavy atom. The van der Waals surface area contributed by atoms with Gasteiger partial charge in [0.25, 0.3) is 0 Å². The Labute approximate surface area is 282 Å². The SMILES string of the molecule is CC(C)(C)OC(=O)N[C@H]1CCCCCC=C[C@@H]2C[C@@]2(C(=O)O)NC(=O)[C@@H]2CC(Oc3nc4ccccc4nc3-c3cccs3)CN2C1=O. The Morgan fingerprint density at radius 1 is 1.08 bits per heavy atom. The summed E-state index contributed by atoms with van der Waals surface area (Å²) in [5.74, 6) is -2.23. The van der Waals surface area contributed by atoms with Crippen LogP contribution in [0.1, 0.15) is 65.7 Å². The number of aliphatic carboxylic acids is 1. The lowest BCUT2D eigenvalue weighted by atomic mass is 10.0. The van der Waals surface area contributed by atoms with Gasteiger partial charge in [-0.25, -0.2) is 19.6 Å². The van der Waals surface area contributed by atoms with Gasteiger partial charge in [0.1, 0.15) is 35.0 Å². The van der Waals surface area contributed by atoms with E-state index in [0.717, 1.165) is 24.1 Å². The molecule has 6 rings (SSSR count). The molecule has 0 radical (unpaired) electrons. The van der Waals surface area contributed by atoms with E-state index < -0.39 is 53.2 Å². The first-order chi connectivity index (χ1) is 22.9. The van der Waals surface area contributed by atoms with Gasteiger partial charge in [-0.1, -0.05) is 43.2 Å². The third kappa shape index (κ3) is 7.30. The molecule has 0 bridgehead atoms. The molecular formula is C35H41N5O7S. The number of benzene rings is 1. The number of nitrogens with one attached hydrogen (secondary N) is 2. The maximum Gasteiger partial charge on any atom is 0.408 e. The molecule has 1 aliphatic carbocycles. The summed E-state index contributed by atoms with van der Waals surface area (Å²) in [6.07, 6.45) is 6.18. The van der Waals surface area contributed by atoms with Crippen LogP contribution in [0.2, 0.25) is 0 Å². The predicted octanol–water partition coefficient (Wildman–Crippen LogP) is 5.08. The number of ether oxygens (including phenoxy) is 2. The second-order valence-corrected chi connectivity index (χ2v) is 14.6. The summed E-state index contributed by atoms with van der Waals surface area (Å²) in [5.41, 5.74) is -0.337. The summed E-state index contributed by atoms with van der Waals surface area (Å²) in [6.45, 7) is 5.24. The van der Waals surface area contributed by atoms with Gasteiger partial charge in [0.2, 0.25) is 17.7 Å². The molecule has 48 heavy (non-hydrogen) atoms. The highest BCUT2D eigenvalue weighted by Gasteiger charge is 2.61. The van der Waals surface area contributed by atoms with Crippen molar-refractivity contribution in [2.45, 2.75) is 95.0 Å². The Balaban J connectivity index is 1.32. The van der Waals surface area contributed by atoms with Gasteiger partial charge in [-0.15, -0.1) is 11.3 Å². The number of aromatic nitrogens is 2. The van der Waals surface area contributed by atoms with Crippen LogP contribution in [0, 0.1) is 5.92 Å². The number of hydrogen-bond acceptors (Lipinski definition) is 9. The van der Waals surface area contributed by atoms with Crippen LogP contribution >= 0.6 is 11.3 Å². The van der Waals surface area contributed by atoms with Crippen molar-refractivity contribution in [1.29, 1.82) is 0 Å². The summed E-state index contributed by atoms with van der Waals surface area (Å²) in [7, 11) is 0. The van der Waals surface area contributed by atoms with Crippen molar-refractivity contribution in [3.8, 4) is 16.5 Å². The zero-order chi connectivity index (χ0) is 34.1. The molecule has 1 aromatic carbocycles. The molecule has 0 spiro atoms. The van der Waals surface area contributed by atoms with Gasteiger partial charge in [0.05, 0.1) is 22.5 Å². The van der Waals surface area contributed by atoms with E-state index >= 15 is 0 Å². The Morgan fingerprint density at radius 2 is 1.85 bits per heavy atom. The highest BCUT2D eigenvalue weighted by Crippen LogP contribution is 2.45. The van der Waals surface area contributed by atoms with Crippen LogP contribution < -0.4 is 15.4 Å². The first-order valence-electron chi connectivity index (χ1n) is 16.4. The van der Waals surface area contributed by atoms with E-state index in [1.165, 1.54) is 16.2 Å². The quantitative estimate of drug-likeness (QED) is 0.314. The number of alkyl carbamates (subject to hydrolysis) is 1. The highest BCUT2D eigenvalue weighted by atomic mass is 32.1. The molecular weight excluding hydrogens is 634 g/mol. The maximum atomic E-state index is 14.3. The summed E-state index contributed by atoms with van der Waals surface area (Å²) in [6, 6.07) is 9.27. The fraction of sp³-hybridized carbons (Fsp3) is 0.486. The minimum Gasteiger partial charge on any atom is -0.479 e. The van der Waals surface area contributed by atoms with Crippen LogP contribution in [-0.2, 0) is 19.1 Å². The van der Waals surface area contributed by atoms with Crippen molar-refractivity contribution in [3.05, 3.63) is 53.9 Å². The van der Waals surface area contributed by atoms with Crippen LogP contribution in [0.25, 0.3) is 21.6 Å². The van der Waals surface area contributed by atoms with Crippen LogP contribution in [0.15, 0.2) is 53.9 Å². The minimum absolute atomic E-state index is 0.0191. The number of carbonyl (C=O) groups is 4. The van der Waals surface area contributed by atoms with E-state index in [-0.39, 0.29) is 31.2 Å². The first-order valence-corrected chi connectivity index (χ1v) is 17.3. The van der Waals surface area contributed by atoms with E-state index in [1.807, 2.05) is 53.9 Å². The molecule has 4 heterocycles. The first kappa shape index (κ1) is 33.4. The standard InChI is InChI=1S/C35H41N5O7S/c1-34(2,3)47-33(45)38-25-15-8-6-4-5-7-12-21-19-35(21,32(43)44)39-29(41)26-18-22(20-40(26)31(25)42)46-30-28(27-16-11-17-48-27)36-23-13-9-10-14-24(23)37-30/h7,9-14,16-17,21-22,25-26H,4-6,8,15,18-20H2,1-3H3,(H,38,45)(H,39,41)(H,43,44)/t21-,22?,25+,26+,35-/m1/s1. The van der Waals surface area contributed by atoms with Gasteiger partial charge < -0.3 is 30.1 Å². The van der Waals surface area contributed by atoms with Gasteiger partial charge in [-0.05, 0) is 70.0 Å². The number of allylic oxidation sites excluding steroid dienone is 1. The molecule has 5 atom stereocenters. The molecule has 3 amide bonds. The number of carboxylic acids is 1. The lowest BCUT2D eigenvalue weighted by Gasteiger charge is -2.30. The van der Waals surface area contributed by atoms with Crippen molar-refractivity contribution >= 4 is 46.2 Å². The molecule has 1 saturated heterocycles. The Hall–Kier alpha value is -4.52. The topological polar surface area (TPSA) is 160 Å². The lowest BCUT2D eigenvalue weighted by molar-refractivity contribution is -0.145. The van der Waals surface area contributed by atoms with E-state index in [0.29, 0.717) is 29.6 Å². The molecule has 254 valence electrons. The molecule has 2 aliphatic heterocycles. The molecule has 2 fully saturated rings. The largest absolute Gasteiger partial charge is 0.479 e. The van der Waals surface area contributed by atoms with E-state index in [2.05, 4.69) is 10.6 Å². The number of nitrogens with zero attached hydrogens (tertiary/aromatic N) is 3. The molecule has 3 N–H and O–H groups in total. The lowest BCUT2D eigenvalue weighted by Crippen LogP contribution is -2.56. The fourth-order valence-corrected chi connectivity index (χ4v) is 7.10. The minimum atomic E-state index is -1.44. The molecule has 1 unspecified atom stereocenters. The number of carbonyl (C=O) groups excluding carboxylic acids is 3. The number of thiophene rings is 1. The predicted molar refractivity (Wildman–Crippen MR) is 179 cm³/mol. The van der Waals surface area contributed by atoms with E-state index in [4.69, 9.17) is 19.4 Å². The summed E-state index contributed by atoms with van der Waals surface area (Å²) >= 11 is 1.49. The van der Waals surface area contributed by atoms with Crippen LogP contribution in [-0.4, -0.2) is 79.7 Å². The number of amides is 3. The monoisotopic (exact) mass is 675 g/mol. The summed E-state index contributed by atoms with van der Waals surface area (Å²) in [4.78, 5) is 65.5. The third-order valence-electron chi connectivity index (χ3n) is 8.88. The van der Waals surface area contributed by atoms with Gasteiger partial charge in [0.15, 0.2) is 0 Å². The van der Waals surface area contributed by atoms with Crippen LogP contribution in [0.4, 0.5) is 4.79 Å². The third-order valence-corrected chi connectivity index (χ3v) is 9.76. The Kier molecular flexibility index (Phi) is 9.41. The van der Waals surface area contributed by atoms with Crippen LogP contribution in [0.5, 0.6) is 5.88 Å². The smallest absolute Gasteiger partial charge is 0.408 e. The summed E-state index contributed by atoms with van der Waals surface area (Å²) in [5, 5.41) is 17.6. The molecule has 13 heteroatoms. The van der Waals surface area contributed by atoms with Gasteiger partial charge in [0, 0.05) is 12.3 Å². The molecule has 1 saturated carbocycles. The number of para-hydroxylation sites is 2. The molecule has 2 aromatic heterocycles. The van der Waals surface area contributed by atoms with Gasteiger partial charge in [-0.2, -0.15) is 0 Å². The summed E-state index contributed by atoms with van der Waals surface area (Å²) < 4.78 is 12.0. The fourth-order valence-electron chi connectivity index (χ4n) is 6.39. The highest BCUT2D eigenvalue weighted by molar-refractivity contribution is 7.13. The van der Waals surface area contributed by atoms with Gasteiger partial charge in [-0.3, -0.25) is 9.59 Å². The van der Waals surface area contributed by atoms with Crippen molar-refractivity contribution in [1.82, 2.24) is 25.5 Å². The van der Waals surface area contributed by atoms with Crippen molar-refractivity contribution in [2.75, 3.05) is 6.54 Å². The second-order valence-electron chi connectivity index (χ2n) is 13.7. The second kappa shape index (κ2) is 13.5. The van der Waals surface area contributed by atoms with Crippen molar-refractivity contribution in [2.24, 2.45) is 5.92 Å². The van der Waals surface area contributed by atoms with E-state index in [9.17, 15) is 24.3 Å². The number of hydrogen-bond donors (Lipinski definition) is 3. The van der Waals surface area contributed by atoms with Gasteiger partial charge >= 0.3 is 12.1 Å². The maximum absolute atomic E-state index is 14.3. The van der Waals surface area contributed by atoms with E-state index in [1.54, 1.807) is 20.8 Å². The average molecular weight is 676 g/mol. The normalized spacial score (nSPS) is 26.4. The van der Waals surface area contributed by atoms with Crippen molar-refractivity contribution in [3.63, 3.8) is 0 Å². The number of rotatable bonds is 5. The van der Waals surface area contributed by atoms with Crippen molar-refractivity contribution < 1.29 is 33.8 Å². The number of carboxylic acid groups (broad SMARTS) is 1. The zero-order valence-electron chi connectivity index (χ0n) is 27.3. The number of fused-ring (bicyclic) bond motifs is 3. The average Bonchev–Trinajstić information content (AvgIpc) is 3.34. The zero-order valence-corrected chi connectivity index (χ0v) is 28.1. The molecule has 3 aromatic rings. The van der Waals surface area contributed by atoms with Crippen LogP contribution in [0.3, 0.4) is 0 Å². The Bertz CT molecular complexity index is 1720. The molecule has 3 aliphatic rings. The molecule has 12 nitrogen and oxygen atoms in total.